The van der Waals surface area contributed by atoms with Gasteiger partial charge in [-0.2, -0.15) is 0 Å². The van der Waals surface area contributed by atoms with Crippen LogP contribution in [-0.2, 0) is 7.05 Å². The van der Waals surface area contributed by atoms with Crippen LogP contribution in [0.25, 0.3) is 11.1 Å². The van der Waals surface area contributed by atoms with Crippen LogP contribution in [0.1, 0.15) is 47.1 Å². The van der Waals surface area contributed by atoms with Crippen molar-refractivity contribution in [3.63, 3.8) is 0 Å². The zero-order valence-electron chi connectivity index (χ0n) is 21.5. The van der Waals surface area contributed by atoms with E-state index in [1.807, 2.05) is 41.5 Å². The summed E-state index contributed by atoms with van der Waals surface area (Å²) in [6.45, 7) is 14.3. The highest BCUT2D eigenvalue weighted by Gasteiger charge is 2.54. The van der Waals surface area contributed by atoms with Crippen molar-refractivity contribution >= 4 is 29.6 Å². The number of nitrogens with zero attached hydrogens (tertiary/aromatic N) is 3. The Morgan fingerprint density at radius 3 is 2.16 bits per heavy atom. The molecule has 170 valence electrons. The Labute approximate surface area is 195 Å². The molecule has 5 rings (SSSR count). The second kappa shape index (κ2) is 11.1. The van der Waals surface area contributed by atoms with Gasteiger partial charge in [-0.15, -0.1) is 0 Å². The van der Waals surface area contributed by atoms with E-state index in [1.54, 1.807) is 7.11 Å². The third-order valence-corrected chi connectivity index (χ3v) is 5.72. The lowest BCUT2D eigenvalue weighted by molar-refractivity contribution is -0.657. The van der Waals surface area contributed by atoms with Gasteiger partial charge in [0.15, 0.2) is 0 Å². The predicted octanol–water partition coefficient (Wildman–Crippen LogP) is 5.87. The van der Waals surface area contributed by atoms with Gasteiger partial charge in [0.25, 0.3) is 5.82 Å². The molecule has 32 heavy (non-hydrogen) atoms. The molecule has 2 aromatic carbocycles. The van der Waals surface area contributed by atoms with Gasteiger partial charge >= 0.3 is 6.98 Å². The summed E-state index contributed by atoms with van der Waals surface area (Å²) in [7, 11) is 6.04. The van der Waals surface area contributed by atoms with E-state index in [-0.39, 0.29) is 6.98 Å². The maximum atomic E-state index is 5.65. The van der Waals surface area contributed by atoms with Crippen LogP contribution in [0.5, 0.6) is 5.75 Å². The number of rotatable bonds is 1. The van der Waals surface area contributed by atoms with Gasteiger partial charge in [-0.3, -0.25) is 4.81 Å². The maximum absolute atomic E-state index is 5.65. The summed E-state index contributed by atoms with van der Waals surface area (Å²) < 4.78 is 7.86. The van der Waals surface area contributed by atoms with Crippen molar-refractivity contribution in [3.05, 3.63) is 60.3 Å². The molecule has 0 aliphatic carbocycles. The Kier molecular flexibility index (Phi) is 8.76. The topological polar surface area (TPSA) is 19.6 Å². The van der Waals surface area contributed by atoms with Crippen molar-refractivity contribution in [2.75, 3.05) is 23.8 Å². The number of aryl methyl sites for hydroxylation is 1. The van der Waals surface area contributed by atoms with Gasteiger partial charge in [0.2, 0.25) is 0 Å². The Morgan fingerprint density at radius 1 is 0.844 bits per heavy atom. The van der Waals surface area contributed by atoms with E-state index in [2.05, 4.69) is 89.9 Å². The minimum Gasteiger partial charge on any atom is -0.496 e. The highest BCUT2D eigenvalue weighted by atomic mass is 16.5. The predicted molar refractivity (Wildman–Crippen MR) is 141 cm³/mol. The van der Waals surface area contributed by atoms with Gasteiger partial charge in [-0.25, -0.2) is 4.57 Å². The fourth-order valence-corrected chi connectivity index (χ4v) is 4.55. The van der Waals surface area contributed by atoms with E-state index < -0.39 is 0 Å². The number of fused-ring (bicyclic) bond motifs is 8. The zero-order chi connectivity index (χ0) is 24.0. The Bertz CT molecular complexity index is 1050. The second-order valence-corrected chi connectivity index (χ2v) is 7.06. The number of ether oxygens (including phenoxy) is 1. The van der Waals surface area contributed by atoms with Crippen molar-refractivity contribution in [1.29, 1.82) is 0 Å². The van der Waals surface area contributed by atoms with Crippen LogP contribution >= 0.6 is 0 Å². The lowest BCUT2D eigenvalue weighted by Crippen LogP contribution is -2.57. The smallest absolute Gasteiger partial charge is 0.496 e. The van der Waals surface area contributed by atoms with Gasteiger partial charge in [-0.1, -0.05) is 65.8 Å². The molecule has 2 aliphatic rings. The summed E-state index contributed by atoms with van der Waals surface area (Å²) in [5.41, 5.74) is 7.56. The van der Waals surface area contributed by atoms with Crippen LogP contribution in [0.15, 0.2) is 54.7 Å². The first-order valence-electron chi connectivity index (χ1n) is 11.9. The molecule has 0 unspecified atom stereocenters. The van der Waals surface area contributed by atoms with Gasteiger partial charge in [0.1, 0.15) is 17.1 Å². The summed E-state index contributed by atoms with van der Waals surface area (Å²) in [6.07, 6.45) is 2.12. The van der Waals surface area contributed by atoms with Crippen molar-refractivity contribution in [2.45, 2.75) is 48.5 Å². The molecule has 0 atom stereocenters. The number of anilines is 3. The first-order chi connectivity index (χ1) is 15.6. The average molecular weight is 432 g/mol. The Hall–Kier alpha value is -2.95. The molecular weight excluding hydrogens is 393 g/mol. The van der Waals surface area contributed by atoms with Crippen LogP contribution in [-0.4, -0.2) is 21.1 Å². The third kappa shape index (κ3) is 3.85. The van der Waals surface area contributed by atoms with E-state index in [4.69, 9.17) is 4.74 Å². The fraction of sp³-hybridized carbons (Fsp3) is 0.370. The molecule has 0 fully saturated rings. The minimum absolute atomic E-state index is 0.146. The van der Waals surface area contributed by atoms with E-state index in [9.17, 15) is 0 Å². The second-order valence-electron chi connectivity index (χ2n) is 7.06. The monoisotopic (exact) mass is 432 g/mol. The average Bonchev–Trinajstić information content (AvgIpc) is 3.17. The number of hydrogen-bond acceptors (Lipinski definition) is 3. The van der Waals surface area contributed by atoms with Crippen LogP contribution in [0.3, 0.4) is 0 Å². The SMILES string of the molecule is CC.CC.CC.COc1ccc2c(c1C)N1B(c3ccccc3-2)N(C)c2ccc[n+](C)c21. The van der Waals surface area contributed by atoms with Crippen molar-refractivity contribution in [2.24, 2.45) is 7.05 Å². The van der Waals surface area contributed by atoms with E-state index in [0.717, 1.165) is 5.75 Å². The van der Waals surface area contributed by atoms with Crippen LogP contribution in [0.2, 0.25) is 0 Å². The maximum Gasteiger partial charge on any atom is 0.538 e. The molecule has 5 heteroatoms. The van der Waals surface area contributed by atoms with Gasteiger partial charge < -0.3 is 9.55 Å². The van der Waals surface area contributed by atoms with Crippen molar-refractivity contribution in [1.82, 2.24) is 0 Å². The highest BCUT2D eigenvalue weighted by Crippen LogP contribution is 2.49. The number of benzene rings is 2. The molecule has 0 amide bonds. The largest absolute Gasteiger partial charge is 0.538 e. The summed E-state index contributed by atoms with van der Waals surface area (Å²) >= 11 is 0. The highest BCUT2D eigenvalue weighted by molar-refractivity contribution is 6.85. The standard InChI is InChI=1S/C21H21BN3O.3C2H6/c1-14-19(26-4)12-11-16-15-8-5-6-9-17(15)22-24(3)18-10-7-13-23(2)21(18)25(22)20(14)16;3*1-2/h5-13H,1-4H3;3*1-2H3/q+1;;;. The zero-order valence-corrected chi connectivity index (χ0v) is 21.5. The minimum atomic E-state index is 0.146. The molecule has 0 N–H and O–H groups in total. The fourth-order valence-electron chi connectivity index (χ4n) is 4.55. The third-order valence-electron chi connectivity index (χ3n) is 5.72. The summed E-state index contributed by atoms with van der Waals surface area (Å²) in [5, 5.41) is 0. The first kappa shape index (κ1) is 25.3. The number of hydrogen-bond donors (Lipinski definition) is 0. The molecule has 0 saturated carbocycles. The number of methoxy groups -OCH3 is 1. The quantitative estimate of drug-likeness (QED) is 0.354. The summed E-state index contributed by atoms with van der Waals surface area (Å²) in [4.78, 5) is 4.83. The number of pyridine rings is 1. The van der Waals surface area contributed by atoms with Crippen molar-refractivity contribution < 1.29 is 9.30 Å². The van der Waals surface area contributed by atoms with E-state index in [0.29, 0.717) is 0 Å². The van der Waals surface area contributed by atoms with Crippen LogP contribution in [0, 0.1) is 6.92 Å². The molecular formula is C27H39BN3O+. The molecule has 1 aromatic heterocycles. The summed E-state index contributed by atoms with van der Waals surface area (Å²) in [6, 6.07) is 17.3. The van der Waals surface area contributed by atoms with Crippen LogP contribution < -0.4 is 24.4 Å². The Balaban J connectivity index is 0.000000561. The van der Waals surface area contributed by atoms with E-state index in [1.165, 1.54) is 39.3 Å². The van der Waals surface area contributed by atoms with Crippen LogP contribution in [0.4, 0.5) is 17.2 Å². The van der Waals surface area contributed by atoms with Gasteiger partial charge in [-0.05, 0) is 43.8 Å². The van der Waals surface area contributed by atoms with Crippen molar-refractivity contribution in [3.8, 4) is 16.9 Å². The molecule has 0 saturated heterocycles. The normalized spacial score (nSPS) is 11.9. The lowest BCUT2D eigenvalue weighted by atomic mass is 9.59. The lowest BCUT2D eigenvalue weighted by Gasteiger charge is -2.31. The molecule has 0 radical (unpaired) electrons. The molecule has 3 heterocycles. The molecule has 4 nitrogen and oxygen atoms in total. The molecule has 0 spiro atoms. The van der Waals surface area contributed by atoms with Gasteiger partial charge in [0, 0.05) is 16.6 Å². The molecule has 3 aromatic rings. The van der Waals surface area contributed by atoms with E-state index >= 15 is 0 Å². The summed E-state index contributed by atoms with van der Waals surface area (Å²) in [5.74, 6) is 2.14. The van der Waals surface area contributed by atoms with Gasteiger partial charge in [0.05, 0.1) is 20.4 Å². The molecule has 0 bridgehead atoms. The molecule has 2 aliphatic heterocycles. The first-order valence-corrected chi connectivity index (χ1v) is 11.9. The Morgan fingerprint density at radius 2 is 1.50 bits per heavy atom. The number of aromatic nitrogens is 1.